The second-order valence-electron chi connectivity index (χ2n) is 4.21. The monoisotopic (exact) mass is 198 g/mol. The summed E-state index contributed by atoms with van der Waals surface area (Å²) in [6.07, 6.45) is 4.50. The van der Waals surface area contributed by atoms with Gasteiger partial charge in [0.1, 0.15) is 5.78 Å². The van der Waals surface area contributed by atoms with Crippen LogP contribution in [0.2, 0.25) is 0 Å². The Hall–Kier alpha value is -0.860. The lowest BCUT2D eigenvalue weighted by atomic mass is 9.89. The maximum absolute atomic E-state index is 11.2. The summed E-state index contributed by atoms with van der Waals surface area (Å²) < 4.78 is 0. The van der Waals surface area contributed by atoms with Gasteiger partial charge in [-0.1, -0.05) is 19.8 Å². The molecule has 0 saturated heterocycles. The predicted molar refractivity (Wildman–Crippen MR) is 53.0 cm³/mol. The van der Waals surface area contributed by atoms with E-state index in [0.29, 0.717) is 18.8 Å². The highest BCUT2D eigenvalue weighted by molar-refractivity contribution is 5.82. The van der Waals surface area contributed by atoms with E-state index in [1.807, 2.05) is 0 Å². The summed E-state index contributed by atoms with van der Waals surface area (Å²) >= 11 is 0. The molecule has 0 bridgehead atoms. The summed E-state index contributed by atoms with van der Waals surface area (Å²) in [4.78, 5) is 21.8. The number of hydrogen-bond acceptors (Lipinski definition) is 2. The lowest BCUT2D eigenvalue weighted by molar-refractivity contribution is -0.138. The Morgan fingerprint density at radius 2 is 2.07 bits per heavy atom. The van der Waals surface area contributed by atoms with E-state index in [9.17, 15) is 9.59 Å². The van der Waals surface area contributed by atoms with Gasteiger partial charge < -0.3 is 5.11 Å². The van der Waals surface area contributed by atoms with Crippen LogP contribution in [0.3, 0.4) is 0 Å². The third-order valence-electron chi connectivity index (χ3n) is 3.01. The molecule has 3 nitrogen and oxygen atoms in total. The molecule has 1 rings (SSSR count). The van der Waals surface area contributed by atoms with Crippen LogP contribution in [-0.4, -0.2) is 16.9 Å². The van der Waals surface area contributed by atoms with E-state index in [-0.39, 0.29) is 18.1 Å². The number of carboxylic acid groups (broad SMARTS) is 1. The van der Waals surface area contributed by atoms with Gasteiger partial charge >= 0.3 is 5.97 Å². The topological polar surface area (TPSA) is 54.4 Å². The van der Waals surface area contributed by atoms with Gasteiger partial charge in [-0.05, 0) is 18.3 Å². The first-order valence-electron chi connectivity index (χ1n) is 5.37. The van der Waals surface area contributed by atoms with Crippen LogP contribution in [0.4, 0.5) is 0 Å². The molecule has 1 fully saturated rings. The molecule has 0 aromatic heterocycles. The zero-order chi connectivity index (χ0) is 10.6. The summed E-state index contributed by atoms with van der Waals surface area (Å²) in [5, 5.41) is 8.69. The van der Waals surface area contributed by atoms with Crippen LogP contribution < -0.4 is 0 Å². The molecule has 1 aliphatic rings. The Kier molecular flexibility index (Phi) is 4.11. The van der Waals surface area contributed by atoms with E-state index in [0.717, 1.165) is 19.3 Å². The molecule has 1 saturated carbocycles. The van der Waals surface area contributed by atoms with E-state index in [2.05, 4.69) is 6.92 Å². The predicted octanol–water partition coefficient (Wildman–Crippen LogP) is 2.25. The van der Waals surface area contributed by atoms with Gasteiger partial charge in [0.2, 0.25) is 0 Å². The van der Waals surface area contributed by atoms with Gasteiger partial charge in [0.05, 0.1) is 0 Å². The van der Waals surface area contributed by atoms with Gasteiger partial charge in [0.15, 0.2) is 0 Å². The molecule has 14 heavy (non-hydrogen) atoms. The summed E-state index contributed by atoms with van der Waals surface area (Å²) in [5.41, 5.74) is 0. The van der Waals surface area contributed by atoms with Crippen molar-refractivity contribution in [3.63, 3.8) is 0 Å². The fourth-order valence-corrected chi connectivity index (χ4v) is 2.27. The molecule has 0 aliphatic heterocycles. The zero-order valence-corrected chi connectivity index (χ0v) is 8.66. The van der Waals surface area contributed by atoms with Crippen LogP contribution in [0, 0.1) is 11.8 Å². The molecule has 0 heterocycles. The Bertz CT molecular complexity index is 223. The first-order valence-corrected chi connectivity index (χ1v) is 5.37. The quantitative estimate of drug-likeness (QED) is 0.737. The van der Waals surface area contributed by atoms with Gasteiger partial charge in [-0.25, -0.2) is 0 Å². The number of aliphatic carboxylic acids is 1. The fourth-order valence-electron chi connectivity index (χ4n) is 2.27. The zero-order valence-electron chi connectivity index (χ0n) is 8.66. The molecule has 0 spiro atoms. The Labute approximate surface area is 84.5 Å². The van der Waals surface area contributed by atoms with Gasteiger partial charge in [0, 0.05) is 19.3 Å². The van der Waals surface area contributed by atoms with Crippen LogP contribution in [-0.2, 0) is 9.59 Å². The second kappa shape index (κ2) is 5.13. The van der Waals surface area contributed by atoms with Gasteiger partial charge in [-0.15, -0.1) is 0 Å². The summed E-state index contributed by atoms with van der Waals surface area (Å²) in [5.74, 6) is -0.0892. The standard InChI is InChI=1S/C11H18O3/c1-2-3-4-8-5-10(12)6-9(8)7-11(13)14/h8-9H,2-7H2,1H3,(H,13,14). The first kappa shape index (κ1) is 11.2. The summed E-state index contributed by atoms with van der Waals surface area (Å²) in [6, 6.07) is 0. The average Bonchev–Trinajstić information content (AvgIpc) is 2.41. The highest BCUT2D eigenvalue weighted by atomic mass is 16.4. The number of Topliss-reactive ketones (excluding diaryl/α,β-unsaturated/α-hetero) is 1. The highest BCUT2D eigenvalue weighted by Crippen LogP contribution is 2.35. The number of carboxylic acids is 1. The van der Waals surface area contributed by atoms with Crippen molar-refractivity contribution in [2.24, 2.45) is 11.8 Å². The molecular formula is C11H18O3. The van der Waals surface area contributed by atoms with Crippen molar-refractivity contribution in [2.75, 3.05) is 0 Å². The minimum Gasteiger partial charge on any atom is -0.481 e. The molecule has 1 aliphatic carbocycles. The molecule has 3 heteroatoms. The molecule has 0 aromatic carbocycles. The minimum atomic E-state index is -0.772. The average molecular weight is 198 g/mol. The number of unbranched alkanes of at least 4 members (excludes halogenated alkanes) is 1. The first-order chi connectivity index (χ1) is 6.63. The molecule has 80 valence electrons. The molecule has 0 radical (unpaired) electrons. The maximum atomic E-state index is 11.2. The van der Waals surface area contributed by atoms with Gasteiger partial charge in [-0.3, -0.25) is 9.59 Å². The van der Waals surface area contributed by atoms with Crippen molar-refractivity contribution < 1.29 is 14.7 Å². The normalized spacial score (nSPS) is 26.8. The SMILES string of the molecule is CCCCC1CC(=O)CC1CC(=O)O. The minimum absolute atomic E-state index is 0.103. The molecule has 2 unspecified atom stereocenters. The third kappa shape index (κ3) is 3.13. The van der Waals surface area contributed by atoms with Crippen LogP contribution in [0.5, 0.6) is 0 Å². The number of carbonyl (C=O) groups is 2. The summed E-state index contributed by atoms with van der Waals surface area (Å²) in [6.45, 7) is 2.11. The smallest absolute Gasteiger partial charge is 0.303 e. The van der Waals surface area contributed by atoms with E-state index in [1.54, 1.807) is 0 Å². The van der Waals surface area contributed by atoms with Gasteiger partial charge in [-0.2, -0.15) is 0 Å². The van der Waals surface area contributed by atoms with Crippen molar-refractivity contribution in [3.05, 3.63) is 0 Å². The Morgan fingerprint density at radius 1 is 1.43 bits per heavy atom. The van der Waals surface area contributed by atoms with Crippen molar-refractivity contribution in [1.29, 1.82) is 0 Å². The fraction of sp³-hybridized carbons (Fsp3) is 0.818. The van der Waals surface area contributed by atoms with E-state index >= 15 is 0 Å². The Morgan fingerprint density at radius 3 is 2.64 bits per heavy atom. The van der Waals surface area contributed by atoms with Crippen molar-refractivity contribution >= 4 is 11.8 Å². The second-order valence-corrected chi connectivity index (χ2v) is 4.21. The van der Waals surface area contributed by atoms with Gasteiger partial charge in [0.25, 0.3) is 0 Å². The molecule has 0 amide bonds. The summed E-state index contributed by atoms with van der Waals surface area (Å²) in [7, 11) is 0. The highest BCUT2D eigenvalue weighted by Gasteiger charge is 2.33. The van der Waals surface area contributed by atoms with E-state index in [4.69, 9.17) is 5.11 Å². The van der Waals surface area contributed by atoms with Crippen LogP contribution in [0.15, 0.2) is 0 Å². The molecule has 2 atom stereocenters. The lowest BCUT2D eigenvalue weighted by Crippen LogP contribution is -2.12. The van der Waals surface area contributed by atoms with Crippen LogP contribution in [0.25, 0.3) is 0 Å². The van der Waals surface area contributed by atoms with Crippen molar-refractivity contribution in [1.82, 2.24) is 0 Å². The van der Waals surface area contributed by atoms with E-state index in [1.165, 1.54) is 0 Å². The lowest BCUT2D eigenvalue weighted by Gasteiger charge is -2.15. The number of rotatable bonds is 5. The number of ketones is 1. The molecular weight excluding hydrogens is 180 g/mol. The number of hydrogen-bond donors (Lipinski definition) is 1. The van der Waals surface area contributed by atoms with Crippen molar-refractivity contribution in [3.8, 4) is 0 Å². The molecule has 0 aromatic rings. The number of carbonyl (C=O) groups excluding carboxylic acids is 1. The van der Waals surface area contributed by atoms with Crippen LogP contribution >= 0.6 is 0 Å². The largest absolute Gasteiger partial charge is 0.481 e. The van der Waals surface area contributed by atoms with E-state index < -0.39 is 5.97 Å². The molecule has 1 N–H and O–H groups in total. The third-order valence-corrected chi connectivity index (χ3v) is 3.01. The van der Waals surface area contributed by atoms with Crippen LogP contribution in [0.1, 0.15) is 45.4 Å². The van der Waals surface area contributed by atoms with Crippen molar-refractivity contribution in [2.45, 2.75) is 45.4 Å². The Balaban J connectivity index is 2.44. The maximum Gasteiger partial charge on any atom is 0.303 e.